The summed E-state index contributed by atoms with van der Waals surface area (Å²) in [6.07, 6.45) is 2.62. The Hall–Kier alpha value is -2.60. The van der Waals surface area contributed by atoms with Gasteiger partial charge >= 0.3 is 0 Å². The van der Waals surface area contributed by atoms with Gasteiger partial charge in [-0.1, -0.05) is 19.1 Å². The lowest BCUT2D eigenvalue weighted by atomic mass is 10.1. The van der Waals surface area contributed by atoms with Crippen molar-refractivity contribution in [2.75, 3.05) is 19.0 Å². The van der Waals surface area contributed by atoms with Crippen molar-refractivity contribution in [1.29, 1.82) is 0 Å². The van der Waals surface area contributed by atoms with Gasteiger partial charge in [-0.3, -0.25) is 0 Å². The zero-order valence-electron chi connectivity index (χ0n) is 13.2. The third kappa shape index (κ3) is 3.12. The number of fused-ring (bicyclic) bond motifs is 1. The number of nitrogens with zero attached hydrogens (tertiary/aromatic N) is 3. The van der Waals surface area contributed by atoms with E-state index in [2.05, 4.69) is 15.4 Å². The van der Waals surface area contributed by atoms with Crippen LogP contribution in [0.4, 0.5) is 5.82 Å². The number of aliphatic hydroxyl groups excluding tert-OH is 1. The number of benzene rings is 1. The third-order valence-corrected chi connectivity index (χ3v) is 3.79. The highest BCUT2D eigenvalue weighted by Gasteiger charge is 2.10. The van der Waals surface area contributed by atoms with Crippen LogP contribution in [0.5, 0.6) is 5.75 Å². The largest absolute Gasteiger partial charge is 0.497 e. The van der Waals surface area contributed by atoms with Gasteiger partial charge in [0, 0.05) is 5.56 Å². The minimum Gasteiger partial charge on any atom is -0.497 e. The van der Waals surface area contributed by atoms with Crippen molar-refractivity contribution in [2.24, 2.45) is 0 Å². The number of nitrogens with one attached hydrogen (secondary N) is 1. The number of methoxy groups -OCH3 is 1. The molecule has 1 atom stereocenters. The number of hydrogen-bond acceptors (Lipinski definition) is 5. The smallest absolute Gasteiger partial charge is 0.154 e. The van der Waals surface area contributed by atoms with Gasteiger partial charge in [0.25, 0.3) is 0 Å². The first kappa shape index (κ1) is 15.3. The minimum atomic E-state index is -0.0104. The van der Waals surface area contributed by atoms with Crippen LogP contribution < -0.4 is 10.1 Å². The average Bonchev–Trinajstić information content (AvgIpc) is 3.03. The Balaban J connectivity index is 2.01. The Kier molecular flexibility index (Phi) is 4.43. The molecule has 0 aliphatic rings. The second kappa shape index (κ2) is 6.66. The Morgan fingerprint density at radius 3 is 2.91 bits per heavy atom. The normalized spacial score (nSPS) is 12.3. The van der Waals surface area contributed by atoms with Crippen LogP contribution in [0.2, 0.25) is 0 Å². The summed E-state index contributed by atoms with van der Waals surface area (Å²) in [7, 11) is 1.65. The summed E-state index contributed by atoms with van der Waals surface area (Å²) < 4.78 is 7.07. The number of rotatable bonds is 6. The van der Waals surface area contributed by atoms with Crippen LogP contribution in [0.25, 0.3) is 16.9 Å². The van der Waals surface area contributed by atoms with E-state index in [1.165, 1.54) is 0 Å². The summed E-state index contributed by atoms with van der Waals surface area (Å²) >= 11 is 0. The van der Waals surface area contributed by atoms with Gasteiger partial charge in [0.1, 0.15) is 11.6 Å². The Morgan fingerprint density at radius 2 is 2.17 bits per heavy atom. The highest BCUT2D eigenvalue weighted by Crippen LogP contribution is 2.24. The highest BCUT2D eigenvalue weighted by molar-refractivity contribution is 5.65. The third-order valence-electron chi connectivity index (χ3n) is 3.79. The van der Waals surface area contributed by atoms with Crippen molar-refractivity contribution in [3.63, 3.8) is 0 Å². The molecule has 0 radical (unpaired) electrons. The van der Waals surface area contributed by atoms with Crippen LogP contribution in [0, 0.1) is 0 Å². The van der Waals surface area contributed by atoms with Gasteiger partial charge in [-0.25, -0.2) is 9.50 Å². The number of imidazole rings is 1. The molecule has 2 N–H and O–H groups in total. The minimum absolute atomic E-state index is 0.0104. The first-order valence-electron chi connectivity index (χ1n) is 7.61. The van der Waals surface area contributed by atoms with Gasteiger partial charge in [-0.15, -0.1) is 5.10 Å². The molecular formula is C17H20N4O2. The molecule has 0 saturated heterocycles. The van der Waals surface area contributed by atoms with E-state index in [4.69, 9.17) is 4.74 Å². The maximum atomic E-state index is 9.33. The predicted molar refractivity (Wildman–Crippen MR) is 89.8 cm³/mol. The molecule has 0 aliphatic carbocycles. The van der Waals surface area contributed by atoms with Gasteiger partial charge in [0.05, 0.1) is 31.6 Å². The molecule has 0 saturated carbocycles. The van der Waals surface area contributed by atoms with Crippen molar-refractivity contribution >= 4 is 11.5 Å². The summed E-state index contributed by atoms with van der Waals surface area (Å²) in [6.45, 7) is 2.09. The second-order valence-corrected chi connectivity index (χ2v) is 5.30. The first-order chi connectivity index (χ1) is 11.2. The zero-order chi connectivity index (χ0) is 16.2. The fraction of sp³-hybridized carbons (Fsp3) is 0.294. The molecule has 23 heavy (non-hydrogen) atoms. The number of anilines is 1. The number of ether oxygens (including phenoxy) is 1. The van der Waals surface area contributed by atoms with Crippen LogP contribution in [-0.4, -0.2) is 39.5 Å². The van der Waals surface area contributed by atoms with Crippen LogP contribution in [0.3, 0.4) is 0 Å². The molecule has 6 nitrogen and oxygen atoms in total. The van der Waals surface area contributed by atoms with E-state index in [1.54, 1.807) is 17.8 Å². The molecule has 0 amide bonds. The molecule has 2 heterocycles. The van der Waals surface area contributed by atoms with Crippen molar-refractivity contribution in [1.82, 2.24) is 14.6 Å². The molecule has 0 bridgehead atoms. The van der Waals surface area contributed by atoms with Crippen LogP contribution in [0.1, 0.15) is 13.3 Å². The van der Waals surface area contributed by atoms with E-state index in [1.807, 2.05) is 43.3 Å². The van der Waals surface area contributed by atoms with Gasteiger partial charge in [0.15, 0.2) is 5.65 Å². The Morgan fingerprint density at radius 1 is 1.30 bits per heavy atom. The molecule has 1 aromatic carbocycles. The zero-order valence-corrected chi connectivity index (χ0v) is 13.2. The molecule has 2 aromatic heterocycles. The number of hydrogen-bond donors (Lipinski definition) is 2. The number of aromatic nitrogens is 3. The topological polar surface area (TPSA) is 71.7 Å². The lowest BCUT2D eigenvalue weighted by Crippen LogP contribution is -2.23. The molecular weight excluding hydrogens is 292 g/mol. The monoisotopic (exact) mass is 312 g/mol. The van der Waals surface area contributed by atoms with E-state index in [-0.39, 0.29) is 12.6 Å². The fourth-order valence-electron chi connectivity index (χ4n) is 2.42. The van der Waals surface area contributed by atoms with Crippen LogP contribution in [0.15, 0.2) is 42.6 Å². The summed E-state index contributed by atoms with van der Waals surface area (Å²) in [5, 5.41) is 17.1. The number of aliphatic hydroxyl groups is 1. The molecule has 0 spiro atoms. The van der Waals surface area contributed by atoms with E-state index >= 15 is 0 Å². The van der Waals surface area contributed by atoms with E-state index in [9.17, 15) is 5.11 Å². The predicted octanol–water partition coefficient (Wildman–Crippen LogP) is 2.59. The highest BCUT2D eigenvalue weighted by atomic mass is 16.5. The quantitative estimate of drug-likeness (QED) is 0.732. The lowest BCUT2D eigenvalue weighted by Gasteiger charge is -2.14. The van der Waals surface area contributed by atoms with E-state index in [0.29, 0.717) is 5.82 Å². The first-order valence-corrected chi connectivity index (χ1v) is 7.61. The summed E-state index contributed by atoms with van der Waals surface area (Å²) in [5.41, 5.74) is 2.64. The summed E-state index contributed by atoms with van der Waals surface area (Å²) in [5.74, 6) is 1.50. The molecule has 0 aliphatic heterocycles. The fourth-order valence-corrected chi connectivity index (χ4v) is 2.42. The van der Waals surface area contributed by atoms with Gasteiger partial charge in [-0.05, 0) is 30.7 Å². The average molecular weight is 312 g/mol. The SMILES string of the molecule is CCC(CO)Nc1ccc2ncc(-c3cccc(OC)c3)n2n1. The lowest BCUT2D eigenvalue weighted by molar-refractivity contribution is 0.271. The molecule has 0 fully saturated rings. The Bertz CT molecular complexity index is 796. The molecule has 6 heteroatoms. The van der Waals surface area contributed by atoms with Crippen molar-refractivity contribution in [3.05, 3.63) is 42.6 Å². The van der Waals surface area contributed by atoms with Gasteiger partial charge < -0.3 is 15.2 Å². The van der Waals surface area contributed by atoms with Crippen LogP contribution >= 0.6 is 0 Å². The standard InChI is InChI=1S/C17H20N4O2/c1-3-13(11-22)19-16-7-8-17-18-10-15(21(17)20-16)12-5-4-6-14(9-12)23-2/h4-10,13,22H,3,11H2,1-2H3,(H,19,20). The second-order valence-electron chi connectivity index (χ2n) is 5.30. The Labute approximate surface area is 134 Å². The van der Waals surface area contributed by atoms with Crippen molar-refractivity contribution in [3.8, 4) is 17.0 Å². The van der Waals surface area contributed by atoms with Crippen molar-refractivity contribution in [2.45, 2.75) is 19.4 Å². The van der Waals surface area contributed by atoms with Gasteiger partial charge in [-0.2, -0.15) is 0 Å². The molecule has 3 rings (SSSR count). The van der Waals surface area contributed by atoms with Gasteiger partial charge in [0.2, 0.25) is 0 Å². The molecule has 3 aromatic rings. The van der Waals surface area contributed by atoms with E-state index in [0.717, 1.165) is 29.1 Å². The van der Waals surface area contributed by atoms with E-state index < -0.39 is 0 Å². The molecule has 1 unspecified atom stereocenters. The van der Waals surface area contributed by atoms with Crippen molar-refractivity contribution < 1.29 is 9.84 Å². The maximum Gasteiger partial charge on any atom is 0.154 e. The molecule has 120 valence electrons. The maximum absolute atomic E-state index is 9.33. The summed E-state index contributed by atoms with van der Waals surface area (Å²) in [6, 6.07) is 11.6. The van der Waals surface area contributed by atoms with Crippen LogP contribution in [-0.2, 0) is 0 Å². The summed E-state index contributed by atoms with van der Waals surface area (Å²) in [4.78, 5) is 4.39.